The number of carbonyl (C=O) groups is 1. The second kappa shape index (κ2) is 8.77. The standard InChI is InChI=1S/C8H10AsNO5.C5H3BrN2O2/c1-5(11)10-8-6(9(13,14)15)3-2-4-7(8)12;6-4-1-5(8(9)10)3-7-2-4/h2-4,12H,1H3,(H,10,11)(H2,13,14,15);1-3H. The van der Waals surface area contributed by atoms with Crippen LogP contribution >= 0.6 is 15.9 Å². The van der Waals surface area contributed by atoms with Gasteiger partial charge >= 0.3 is 88.1 Å². The van der Waals surface area contributed by atoms with Gasteiger partial charge in [0, 0.05) is 16.7 Å². The first-order chi connectivity index (χ1) is 11.5. The summed E-state index contributed by atoms with van der Waals surface area (Å²) in [5.41, 5.74) is -0.230. The molecule has 134 valence electrons. The number of carbonyl (C=O) groups excluding carboxylic acids is 1. The van der Waals surface area contributed by atoms with Crippen molar-refractivity contribution in [2.45, 2.75) is 6.92 Å². The van der Waals surface area contributed by atoms with Crippen LogP contribution < -0.4 is 9.67 Å². The van der Waals surface area contributed by atoms with E-state index in [1.807, 2.05) is 0 Å². The molecule has 25 heavy (non-hydrogen) atoms. The Kier molecular flexibility index (Phi) is 7.31. The molecule has 0 saturated carbocycles. The third kappa shape index (κ3) is 6.67. The average molecular weight is 478 g/mol. The molecule has 0 aliphatic heterocycles. The number of rotatable bonds is 3. The Morgan fingerprint density at radius 1 is 1.36 bits per heavy atom. The molecule has 0 aliphatic carbocycles. The number of pyridine rings is 1. The Balaban J connectivity index is 0.000000271. The maximum absolute atomic E-state index is 11.1. The van der Waals surface area contributed by atoms with Crippen LogP contribution in [0.5, 0.6) is 5.75 Å². The Morgan fingerprint density at radius 2 is 2.00 bits per heavy atom. The Hall–Kier alpha value is -2.20. The molecule has 1 amide bonds. The molecule has 0 fully saturated rings. The summed E-state index contributed by atoms with van der Waals surface area (Å²) >= 11 is -2.08. The number of amides is 1. The van der Waals surface area contributed by atoms with E-state index in [-0.39, 0.29) is 21.5 Å². The molecule has 10 nitrogen and oxygen atoms in total. The molecule has 2 rings (SSSR count). The molecule has 0 aliphatic rings. The van der Waals surface area contributed by atoms with E-state index < -0.39 is 25.0 Å². The molecule has 0 bridgehead atoms. The maximum Gasteiger partial charge on any atom is 0.288 e. The summed E-state index contributed by atoms with van der Waals surface area (Å²) < 4.78 is 29.4. The number of halogens is 1. The zero-order valence-electron chi connectivity index (χ0n) is 12.7. The van der Waals surface area contributed by atoms with Crippen molar-refractivity contribution in [3.8, 4) is 5.75 Å². The molecule has 1 aromatic heterocycles. The Bertz CT molecular complexity index is 840. The molecule has 4 N–H and O–H groups in total. The molecular weight excluding hydrogens is 465 g/mol. The van der Waals surface area contributed by atoms with Gasteiger partial charge in [-0.25, -0.2) is 0 Å². The minimum Gasteiger partial charge on any atom is -0.258 e. The van der Waals surface area contributed by atoms with Gasteiger partial charge in [-0.3, -0.25) is 15.1 Å². The van der Waals surface area contributed by atoms with E-state index in [2.05, 4.69) is 26.2 Å². The van der Waals surface area contributed by atoms with Crippen LogP contribution in [-0.4, -0.2) is 43.3 Å². The van der Waals surface area contributed by atoms with E-state index in [4.69, 9.17) is 8.19 Å². The predicted octanol–water partition coefficient (Wildman–Crippen LogP) is 0.664. The molecule has 0 saturated heterocycles. The average Bonchev–Trinajstić information content (AvgIpc) is 2.48. The van der Waals surface area contributed by atoms with E-state index in [1.165, 1.54) is 43.6 Å². The minimum atomic E-state index is -5.14. The van der Waals surface area contributed by atoms with Crippen molar-refractivity contribution in [3.05, 3.63) is 51.2 Å². The maximum atomic E-state index is 11.1. The summed E-state index contributed by atoms with van der Waals surface area (Å²) in [6.45, 7) is 1.18. The number of benzene rings is 1. The summed E-state index contributed by atoms with van der Waals surface area (Å²) in [4.78, 5) is 24.0. The van der Waals surface area contributed by atoms with Gasteiger partial charge in [-0.15, -0.1) is 0 Å². The first-order valence-electron chi connectivity index (χ1n) is 6.43. The van der Waals surface area contributed by atoms with Crippen molar-refractivity contribution in [1.29, 1.82) is 0 Å². The topological polar surface area (TPSA) is 163 Å². The predicted molar refractivity (Wildman–Crippen MR) is 91.5 cm³/mol. The molecule has 0 spiro atoms. The smallest absolute Gasteiger partial charge is 0.258 e. The van der Waals surface area contributed by atoms with Crippen LogP contribution in [0, 0.1) is 10.1 Å². The number of hydrogen-bond donors (Lipinski definition) is 4. The fourth-order valence-corrected chi connectivity index (χ4v) is 3.49. The van der Waals surface area contributed by atoms with Gasteiger partial charge in [-0.2, -0.15) is 0 Å². The molecule has 0 radical (unpaired) electrons. The van der Waals surface area contributed by atoms with Gasteiger partial charge in [0.25, 0.3) is 5.69 Å². The van der Waals surface area contributed by atoms with Gasteiger partial charge in [0.15, 0.2) is 0 Å². The summed E-state index contributed by atoms with van der Waals surface area (Å²) in [6.07, 6.45) is 2.69. The third-order valence-electron chi connectivity index (χ3n) is 2.54. The van der Waals surface area contributed by atoms with Crippen LogP contribution in [0.2, 0.25) is 0 Å². The number of hydrogen-bond acceptors (Lipinski definition) is 6. The van der Waals surface area contributed by atoms with Gasteiger partial charge in [-0.1, -0.05) is 0 Å². The number of aromatic nitrogens is 1. The molecule has 0 unspecified atom stereocenters. The zero-order chi connectivity index (χ0) is 19.2. The van der Waals surface area contributed by atoms with Crippen LogP contribution in [0.1, 0.15) is 6.92 Å². The number of nitrogens with one attached hydrogen (secondary N) is 1. The van der Waals surface area contributed by atoms with Crippen molar-refractivity contribution >= 4 is 51.7 Å². The van der Waals surface area contributed by atoms with Crippen molar-refractivity contribution in [2.75, 3.05) is 5.32 Å². The van der Waals surface area contributed by atoms with Gasteiger partial charge in [0.1, 0.15) is 6.20 Å². The van der Waals surface area contributed by atoms with E-state index in [1.54, 1.807) is 0 Å². The van der Waals surface area contributed by atoms with Gasteiger partial charge < -0.3 is 0 Å². The van der Waals surface area contributed by atoms with E-state index in [0.29, 0.717) is 4.47 Å². The first-order valence-corrected chi connectivity index (χ1v) is 10.6. The number of phenolic OH excluding ortho intramolecular Hbond substituents is 1. The van der Waals surface area contributed by atoms with E-state index in [0.717, 1.165) is 0 Å². The van der Waals surface area contributed by atoms with Crippen LogP contribution in [0.3, 0.4) is 0 Å². The normalized spacial score (nSPS) is 10.4. The van der Waals surface area contributed by atoms with Crippen molar-refractivity contribution in [3.63, 3.8) is 0 Å². The summed E-state index contributed by atoms with van der Waals surface area (Å²) in [5.74, 6) is -0.880. The van der Waals surface area contributed by atoms with Crippen molar-refractivity contribution in [1.82, 2.24) is 4.98 Å². The van der Waals surface area contributed by atoms with Crippen molar-refractivity contribution < 1.29 is 26.8 Å². The number of aromatic hydroxyl groups is 1. The van der Waals surface area contributed by atoms with Crippen molar-refractivity contribution in [2.24, 2.45) is 0 Å². The fraction of sp³-hybridized carbons (Fsp3) is 0.0769. The second-order valence-electron chi connectivity index (χ2n) is 4.51. The summed E-state index contributed by atoms with van der Waals surface area (Å²) in [7, 11) is 0. The number of anilines is 1. The first kappa shape index (κ1) is 20.8. The zero-order valence-corrected chi connectivity index (χ0v) is 16.1. The summed E-state index contributed by atoms with van der Waals surface area (Å²) in [5, 5.41) is 21.6. The van der Waals surface area contributed by atoms with E-state index in [9.17, 15) is 23.8 Å². The third-order valence-corrected chi connectivity index (χ3v) is 5.07. The molecule has 0 atom stereocenters. The number of nitro groups is 1. The number of para-hydroxylation sites is 1. The molecule has 2 aromatic rings. The molecule has 1 heterocycles. The molecule has 12 heteroatoms. The van der Waals surface area contributed by atoms with E-state index >= 15 is 0 Å². The summed E-state index contributed by atoms with van der Waals surface area (Å²) in [6, 6.07) is 5.11. The molecular formula is C13H13AsBrN3O7. The van der Waals surface area contributed by atoms with Crippen LogP contribution in [-0.2, 0) is 8.53 Å². The molecule has 1 aromatic carbocycles. The second-order valence-corrected chi connectivity index (χ2v) is 8.72. The fourth-order valence-electron chi connectivity index (χ4n) is 1.58. The number of phenols is 1. The van der Waals surface area contributed by atoms with Crippen LogP contribution in [0.4, 0.5) is 11.4 Å². The SMILES string of the molecule is CC(=O)Nc1c(O)cccc1[As](=O)(O)O.O=[N+]([O-])c1cncc(Br)c1. The quantitative estimate of drug-likeness (QED) is 0.217. The largest absolute Gasteiger partial charge is 0.288 e. The monoisotopic (exact) mass is 477 g/mol. The Labute approximate surface area is 152 Å². The Morgan fingerprint density at radius 3 is 2.44 bits per heavy atom. The van der Waals surface area contributed by atoms with Gasteiger partial charge in [0.2, 0.25) is 0 Å². The van der Waals surface area contributed by atoms with Gasteiger partial charge in [-0.05, 0) is 15.9 Å². The number of nitrogens with zero attached hydrogens (tertiary/aromatic N) is 2. The van der Waals surface area contributed by atoms with Crippen LogP contribution in [0.15, 0.2) is 41.1 Å². The van der Waals surface area contributed by atoms with Crippen LogP contribution in [0.25, 0.3) is 0 Å². The minimum absolute atomic E-state index is 0.00521. The van der Waals surface area contributed by atoms with Gasteiger partial charge in [0.05, 0.1) is 4.92 Å².